The Kier molecular flexibility index (Phi) is 6.19. The maximum Gasteiger partial charge on any atom is 0.341 e. The van der Waals surface area contributed by atoms with Crippen molar-refractivity contribution in [1.29, 1.82) is 0 Å². The van der Waals surface area contributed by atoms with Gasteiger partial charge in [0, 0.05) is 44.5 Å². The minimum atomic E-state index is -1.39. The summed E-state index contributed by atoms with van der Waals surface area (Å²) in [5.41, 5.74) is -1.45. The summed E-state index contributed by atoms with van der Waals surface area (Å²) in [6, 6.07) is 1.30. The quantitative estimate of drug-likeness (QED) is 0.628. The van der Waals surface area contributed by atoms with Crippen molar-refractivity contribution < 1.29 is 18.7 Å². The maximum atomic E-state index is 15.5. The van der Waals surface area contributed by atoms with Crippen LogP contribution in [-0.2, 0) is 0 Å². The van der Waals surface area contributed by atoms with E-state index in [0.717, 1.165) is 18.9 Å². The molecular formula is C20H24F2IN3O3. The Balaban J connectivity index is 0.00000240. The van der Waals surface area contributed by atoms with Gasteiger partial charge in [-0.15, -0.1) is 24.0 Å². The zero-order valence-electron chi connectivity index (χ0n) is 16.3. The van der Waals surface area contributed by atoms with Crippen LogP contribution in [0.25, 0.3) is 10.9 Å². The van der Waals surface area contributed by atoms with Gasteiger partial charge in [0.2, 0.25) is 5.43 Å². The molecule has 1 aliphatic heterocycles. The number of hydrogen-bond donors (Lipinski definition) is 1. The normalized spacial score (nSPS) is 17.6. The number of carboxylic acids is 1. The number of halogens is 3. The third kappa shape index (κ3) is 3.86. The number of aromatic carboxylic acids is 1. The summed E-state index contributed by atoms with van der Waals surface area (Å²) in [7, 11) is 0. The summed E-state index contributed by atoms with van der Waals surface area (Å²) in [5, 5.41) is 9.09. The van der Waals surface area contributed by atoms with E-state index in [2.05, 4.69) is 18.7 Å². The van der Waals surface area contributed by atoms with Crippen molar-refractivity contribution in [2.45, 2.75) is 38.8 Å². The second-order valence-corrected chi connectivity index (χ2v) is 7.85. The molecule has 1 aliphatic carbocycles. The highest BCUT2D eigenvalue weighted by Crippen LogP contribution is 2.39. The van der Waals surface area contributed by atoms with Gasteiger partial charge >= 0.3 is 5.97 Å². The fraction of sp³-hybridized carbons (Fsp3) is 0.500. The molecule has 6 nitrogen and oxygen atoms in total. The molecule has 158 valence electrons. The summed E-state index contributed by atoms with van der Waals surface area (Å²) in [6.45, 7) is 6.53. The van der Waals surface area contributed by atoms with E-state index in [1.807, 2.05) is 0 Å². The molecule has 2 heterocycles. The van der Waals surface area contributed by atoms with E-state index in [0.29, 0.717) is 32.2 Å². The lowest BCUT2D eigenvalue weighted by Gasteiger charge is -2.38. The summed E-state index contributed by atoms with van der Waals surface area (Å²) >= 11 is 0. The molecule has 1 N–H and O–H groups in total. The molecule has 2 fully saturated rings. The minimum absolute atomic E-state index is 0. The van der Waals surface area contributed by atoms with Gasteiger partial charge in [-0.25, -0.2) is 13.6 Å². The predicted octanol–water partition coefficient (Wildman–Crippen LogP) is 3.46. The zero-order valence-corrected chi connectivity index (χ0v) is 18.7. The highest BCUT2D eigenvalue weighted by molar-refractivity contribution is 14.0. The van der Waals surface area contributed by atoms with Gasteiger partial charge in [0.1, 0.15) is 17.1 Å². The molecule has 0 spiro atoms. The van der Waals surface area contributed by atoms with Crippen LogP contribution in [0.15, 0.2) is 17.1 Å². The lowest BCUT2D eigenvalue weighted by atomic mass is 10.1. The monoisotopic (exact) mass is 519 g/mol. The average molecular weight is 519 g/mol. The molecule has 1 saturated carbocycles. The van der Waals surface area contributed by atoms with Crippen molar-refractivity contribution in [1.82, 2.24) is 9.47 Å². The molecule has 0 bridgehead atoms. The van der Waals surface area contributed by atoms with Crippen LogP contribution >= 0.6 is 24.0 Å². The summed E-state index contributed by atoms with van der Waals surface area (Å²) in [6.07, 6.45) is 2.75. The Morgan fingerprint density at radius 1 is 1.17 bits per heavy atom. The summed E-state index contributed by atoms with van der Waals surface area (Å²) in [4.78, 5) is 27.9. The van der Waals surface area contributed by atoms with Gasteiger partial charge in [-0.2, -0.15) is 0 Å². The molecule has 1 aromatic carbocycles. The molecule has 1 aromatic heterocycles. The van der Waals surface area contributed by atoms with E-state index in [-0.39, 0.29) is 46.6 Å². The van der Waals surface area contributed by atoms with Crippen LogP contribution in [-0.4, -0.2) is 52.8 Å². The molecule has 0 atom stereocenters. The lowest BCUT2D eigenvalue weighted by Crippen LogP contribution is -2.49. The van der Waals surface area contributed by atoms with Gasteiger partial charge in [0.25, 0.3) is 0 Å². The smallest absolute Gasteiger partial charge is 0.341 e. The van der Waals surface area contributed by atoms with Crippen LogP contribution in [0.5, 0.6) is 0 Å². The Morgan fingerprint density at radius 3 is 2.31 bits per heavy atom. The first kappa shape index (κ1) is 21.9. The maximum absolute atomic E-state index is 15.5. The van der Waals surface area contributed by atoms with Crippen LogP contribution in [0, 0.1) is 11.6 Å². The number of nitrogens with zero attached hydrogens (tertiary/aromatic N) is 3. The fourth-order valence-corrected chi connectivity index (χ4v) is 3.98. The number of pyridine rings is 1. The first-order valence-corrected chi connectivity index (χ1v) is 9.58. The highest BCUT2D eigenvalue weighted by atomic mass is 127. The van der Waals surface area contributed by atoms with Crippen molar-refractivity contribution in [3.8, 4) is 0 Å². The van der Waals surface area contributed by atoms with Gasteiger partial charge in [0.15, 0.2) is 5.82 Å². The minimum Gasteiger partial charge on any atom is -0.477 e. The van der Waals surface area contributed by atoms with Crippen LogP contribution in [0.4, 0.5) is 14.5 Å². The Morgan fingerprint density at radius 2 is 1.79 bits per heavy atom. The molecule has 29 heavy (non-hydrogen) atoms. The molecular weight excluding hydrogens is 495 g/mol. The fourth-order valence-electron chi connectivity index (χ4n) is 3.98. The zero-order chi connectivity index (χ0) is 20.2. The van der Waals surface area contributed by atoms with Crippen molar-refractivity contribution in [3.63, 3.8) is 0 Å². The highest BCUT2D eigenvalue weighted by Gasteiger charge is 2.31. The van der Waals surface area contributed by atoms with Gasteiger partial charge in [0.05, 0.1) is 10.9 Å². The molecule has 1 saturated heterocycles. The predicted molar refractivity (Wildman–Crippen MR) is 118 cm³/mol. The van der Waals surface area contributed by atoms with Crippen LogP contribution in [0.1, 0.15) is 43.1 Å². The van der Waals surface area contributed by atoms with Crippen molar-refractivity contribution in [2.24, 2.45) is 0 Å². The van der Waals surface area contributed by atoms with Gasteiger partial charge in [-0.3, -0.25) is 9.69 Å². The molecule has 9 heteroatoms. The van der Waals surface area contributed by atoms with Gasteiger partial charge in [-0.1, -0.05) is 0 Å². The number of rotatable bonds is 4. The van der Waals surface area contributed by atoms with E-state index in [4.69, 9.17) is 0 Å². The van der Waals surface area contributed by atoms with Crippen LogP contribution in [0.3, 0.4) is 0 Å². The number of carboxylic acid groups (broad SMARTS) is 1. The lowest BCUT2D eigenvalue weighted by molar-refractivity contribution is 0.0694. The van der Waals surface area contributed by atoms with Crippen molar-refractivity contribution >= 4 is 46.5 Å². The Labute approximate surface area is 184 Å². The Hall–Kier alpha value is -1.75. The second kappa shape index (κ2) is 8.17. The number of fused-ring (bicyclic) bond motifs is 1. The average Bonchev–Trinajstić information content (AvgIpc) is 3.47. The van der Waals surface area contributed by atoms with Crippen molar-refractivity contribution in [2.75, 3.05) is 31.1 Å². The van der Waals surface area contributed by atoms with Crippen LogP contribution in [0.2, 0.25) is 0 Å². The van der Waals surface area contributed by atoms with Gasteiger partial charge < -0.3 is 14.6 Å². The molecule has 4 rings (SSSR count). The van der Waals surface area contributed by atoms with Crippen molar-refractivity contribution in [3.05, 3.63) is 39.7 Å². The number of hydrogen-bond acceptors (Lipinski definition) is 4. The van der Waals surface area contributed by atoms with E-state index >= 15 is 4.39 Å². The first-order valence-electron chi connectivity index (χ1n) is 9.58. The van der Waals surface area contributed by atoms with E-state index in [1.165, 1.54) is 10.8 Å². The number of aromatic nitrogens is 1. The van der Waals surface area contributed by atoms with E-state index in [1.54, 1.807) is 4.90 Å². The third-order valence-electron chi connectivity index (χ3n) is 5.72. The molecule has 2 aliphatic rings. The molecule has 0 unspecified atom stereocenters. The number of anilines is 1. The van der Waals surface area contributed by atoms with Crippen LogP contribution < -0.4 is 10.3 Å². The number of benzene rings is 1. The molecule has 0 radical (unpaired) electrons. The first-order chi connectivity index (χ1) is 13.3. The SMILES string of the molecule is CC(C)N1CCN(c2c(F)cc3c(=O)c(C(=O)O)cn(C4CC4)c3c2F)CC1.I. The van der Waals surface area contributed by atoms with E-state index < -0.39 is 28.6 Å². The number of carbonyl (C=O) groups is 1. The largest absolute Gasteiger partial charge is 0.477 e. The second-order valence-electron chi connectivity index (χ2n) is 7.85. The Bertz CT molecular complexity index is 1010. The standard InChI is InChI=1S/C20H23F2N3O3.HI/c1-11(2)23-5-7-24(8-6-23)18-15(21)9-13-17(16(18)22)25(12-3-4-12)10-14(19(13)26)20(27)28;/h9-12H,3-8H2,1-2H3,(H,27,28);1H. The molecule has 2 aromatic rings. The third-order valence-corrected chi connectivity index (χ3v) is 5.72. The summed E-state index contributed by atoms with van der Waals surface area (Å²) in [5.74, 6) is -3.00. The summed E-state index contributed by atoms with van der Waals surface area (Å²) < 4.78 is 31.9. The number of piperazine rings is 1. The van der Waals surface area contributed by atoms with Gasteiger partial charge in [-0.05, 0) is 32.8 Å². The van der Waals surface area contributed by atoms with E-state index in [9.17, 15) is 19.1 Å². The molecule has 0 amide bonds. The topological polar surface area (TPSA) is 65.8 Å².